The Balaban J connectivity index is 1.12. The normalized spacial score (nSPS) is 21.5. The molecule has 3 aromatic rings. The SMILES string of the molecule is CCc1nc(C(N)=O)c(Nc2ccc(N3CCC(N4CCN(C)CC4)CC3)cc2)nc1O[C@@H]1CCC[C@@H]1N(C)Cc1ccccc1. The topological polar surface area (TPSA) is 103 Å². The zero-order chi connectivity index (χ0) is 32.0. The molecule has 10 nitrogen and oxygen atoms in total. The fourth-order valence-electron chi connectivity index (χ4n) is 7.29. The maximum atomic E-state index is 12.5. The van der Waals surface area contributed by atoms with E-state index in [0.717, 1.165) is 44.6 Å². The number of nitrogens with one attached hydrogen (secondary N) is 1. The number of nitrogens with two attached hydrogens (primary N) is 1. The van der Waals surface area contributed by atoms with Gasteiger partial charge in [0.15, 0.2) is 11.5 Å². The highest BCUT2D eigenvalue weighted by molar-refractivity contribution is 5.96. The van der Waals surface area contributed by atoms with E-state index in [0.29, 0.717) is 29.9 Å². The predicted molar refractivity (Wildman–Crippen MR) is 184 cm³/mol. The number of likely N-dealkylation sites (N-methyl/N-ethyl adjacent to an activating group) is 2. The molecule has 3 N–H and O–H groups in total. The quantitative estimate of drug-likeness (QED) is 0.318. The molecule has 3 fully saturated rings. The summed E-state index contributed by atoms with van der Waals surface area (Å²) in [5.74, 6) is 0.185. The molecule has 2 saturated heterocycles. The highest BCUT2D eigenvalue weighted by Gasteiger charge is 2.34. The van der Waals surface area contributed by atoms with E-state index in [1.165, 1.54) is 50.3 Å². The molecule has 2 aliphatic heterocycles. The molecule has 1 aromatic heterocycles. The lowest BCUT2D eigenvalue weighted by Gasteiger charge is -2.42. The molecule has 3 heterocycles. The number of aryl methyl sites for hydroxylation is 1. The van der Waals surface area contributed by atoms with Crippen LogP contribution in [0, 0.1) is 0 Å². The van der Waals surface area contributed by atoms with Crippen LogP contribution in [0.2, 0.25) is 0 Å². The molecule has 2 atom stereocenters. The van der Waals surface area contributed by atoms with Gasteiger partial charge in [-0.3, -0.25) is 14.6 Å². The van der Waals surface area contributed by atoms with Crippen molar-refractivity contribution in [3.63, 3.8) is 0 Å². The van der Waals surface area contributed by atoms with Gasteiger partial charge in [-0.15, -0.1) is 0 Å². The number of amides is 1. The van der Waals surface area contributed by atoms with E-state index < -0.39 is 5.91 Å². The Bertz CT molecular complexity index is 1440. The van der Waals surface area contributed by atoms with Crippen LogP contribution < -0.4 is 20.7 Å². The molecule has 0 bridgehead atoms. The van der Waals surface area contributed by atoms with Crippen molar-refractivity contribution in [2.45, 2.75) is 70.2 Å². The summed E-state index contributed by atoms with van der Waals surface area (Å²) in [7, 11) is 4.37. The predicted octanol–water partition coefficient (Wildman–Crippen LogP) is 4.53. The van der Waals surface area contributed by atoms with Gasteiger partial charge in [-0.1, -0.05) is 37.3 Å². The van der Waals surface area contributed by atoms with E-state index in [2.05, 4.69) is 80.4 Å². The van der Waals surface area contributed by atoms with Crippen molar-refractivity contribution in [3.8, 4) is 5.88 Å². The van der Waals surface area contributed by atoms with Gasteiger partial charge in [-0.05, 0) is 82.4 Å². The molecule has 0 spiro atoms. The number of rotatable bonds is 11. The number of nitrogens with zero attached hydrogens (tertiary/aromatic N) is 6. The van der Waals surface area contributed by atoms with Gasteiger partial charge in [-0.2, -0.15) is 4.98 Å². The van der Waals surface area contributed by atoms with E-state index in [9.17, 15) is 4.79 Å². The standard InChI is InChI=1S/C36H50N8O2/c1-4-30-36(46-32-12-8-11-31(32)42(3)25-26-9-6-5-7-10-26)40-35(33(39-30)34(37)45)38-27-13-15-28(16-14-27)43-19-17-29(18-20-43)44-23-21-41(2)22-24-44/h5-7,9-10,13-16,29,31-32H,4,8,11-12,17-25H2,1-3H3,(H2,37,45)(H,38,40)/t31-,32+/m0/s1. The first-order valence-corrected chi connectivity index (χ1v) is 17.0. The highest BCUT2D eigenvalue weighted by Crippen LogP contribution is 2.32. The second-order valence-electron chi connectivity index (χ2n) is 13.2. The van der Waals surface area contributed by atoms with Crippen LogP contribution in [-0.4, -0.2) is 102 Å². The number of carbonyl (C=O) groups is 1. The third-order valence-corrected chi connectivity index (χ3v) is 10.0. The van der Waals surface area contributed by atoms with Crippen molar-refractivity contribution >= 4 is 23.1 Å². The first-order chi connectivity index (χ1) is 22.4. The third kappa shape index (κ3) is 7.62. The molecule has 1 saturated carbocycles. The molecule has 1 amide bonds. The van der Waals surface area contributed by atoms with E-state index in [4.69, 9.17) is 15.5 Å². The highest BCUT2D eigenvalue weighted by atomic mass is 16.5. The van der Waals surface area contributed by atoms with Crippen LogP contribution in [0.25, 0.3) is 0 Å². The molecule has 3 aliphatic rings. The van der Waals surface area contributed by atoms with Gasteiger partial charge in [0.05, 0.1) is 0 Å². The molecule has 0 radical (unpaired) electrons. The van der Waals surface area contributed by atoms with E-state index in [-0.39, 0.29) is 17.8 Å². The number of carbonyl (C=O) groups excluding carboxylic acids is 1. The van der Waals surface area contributed by atoms with Crippen molar-refractivity contribution in [1.29, 1.82) is 0 Å². The summed E-state index contributed by atoms with van der Waals surface area (Å²) >= 11 is 0. The fourth-order valence-corrected chi connectivity index (χ4v) is 7.29. The number of piperazine rings is 1. The number of aromatic nitrogens is 2. The molecular formula is C36H50N8O2. The number of ether oxygens (including phenoxy) is 1. The second kappa shape index (κ2) is 14.8. The minimum absolute atomic E-state index is 0.0136. The lowest BCUT2D eigenvalue weighted by molar-refractivity contribution is 0.0953. The number of benzene rings is 2. The van der Waals surface area contributed by atoms with Crippen LogP contribution in [0.5, 0.6) is 5.88 Å². The summed E-state index contributed by atoms with van der Waals surface area (Å²) in [4.78, 5) is 31.9. The van der Waals surface area contributed by atoms with Crippen LogP contribution >= 0.6 is 0 Å². The zero-order valence-electron chi connectivity index (χ0n) is 27.7. The monoisotopic (exact) mass is 626 g/mol. The minimum Gasteiger partial charge on any atom is -0.471 e. The molecule has 46 heavy (non-hydrogen) atoms. The van der Waals surface area contributed by atoms with Gasteiger partial charge >= 0.3 is 0 Å². The Morgan fingerprint density at radius 2 is 1.67 bits per heavy atom. The van der Waals surface area contributed by atoms with Crippen LogP contribution in [0.4, 0.5) is 17.2 Å². The van der Waals surface area contributed by atoms with Crippen molar-refractivity contribution in [3.05, 3.63) is 71.5 Å². The van der Waals surface area contributed by atoms with Gasteiger partial charge in [0.2, 0.25) is 5.88 Å². The Kier molecular flexibility index (Phi) is 10.4. The fraction of sp³-hybridized carbons (Fsp3) is 0.528. The van der Waals surface area contributed by atoms with E-state index in [1.54, 1.807) is 0 Å². The molecule has 246 valence electrons. The summed E-state index contributed by atoms with van der Waals surface area (Å²) in [5, 5.41) is 3.33. The molecule has 0 unspecified atom stereocenters. The van der Waals surface area contributed by atoms with Crippen LogP contribution in [0.3, 0.4) is 0 Å². The maximum Gasteiger partial charge on any atom is 0.271 e. The van der Waals surface area contributed by atoms with Crippen LogP contribution in [-0.2, 0) is 13.0 Å². The lowest BCUT2D eigenvalue weighted by atomic mass is 10.0. The Morgan fingerprint density at radius 1 is 0.957 bits per heavy atom. The smallest absolute Gasteiger partial charge is 0.271 e. The molecule has 1 aliphatic carbocycles. The number of hydrogen-bond acceptors (Lipinski definition) is 9. The number of primary amides is 1. The van der Waals surface area contributed by atoms with E-state index in [1.807, 2.05) is 25.1 Å². The Labute approximate surface area is 273 Å². The lowest BCUT2D eigenvalue weighted by Crippen LogP contribution is -2.52. The molecule has 2 aromatic carbocycles. The van der Waals surface area contributed by atoms with Crippen molar-refractivity contribution < 1.29 is 9.53 Å². The summed E-state index contributed by atoms with van der Waals surface area (Å²) in [6.07, 6.45) is 6.06. The minimum atomic E-state index is -0.613. The van der Waals surface area contributed by atoms with Crippen molar-refractivity contribution in [1.82, 2.24) is 24.7 Å². The van der Waals surface area contributed by atoms with Gasteiger partial charge < -0.3 is 25.6 Å². The first-order valence-electron chi connectivity index (χ1n) is 17.0. The van der Waals surface area contributed by atoms with Gasteiger partial charge in [0, 0.05) is 69.3 Å². The van der Waals surface area contributed by atoms with Gasteiger partial charge in [-0.25, -0.2) is 4.98 Å². The van der Waals surface area contributed by atoms with Gasteiger partial charge in [0.25, 0.3) is 5.91 Å². The average Bonchev–Trinajstić information content (AvgIpc) is 3.54. The number of hydrogen-bond donors (Lipinski definition) is 2. The molecule has 6 rings (SSSR count). The van der Waals surface area contributed by atoms with Gasteiger partial charge in [0.1, 0.15) is 11.8 Å². The average molecular weight is 627 g/mol. The zero-order valence-corrected chi connectivity index (χ0v) is 27.7. The maximum absolute atomic E-state index is 12.5. The van der Waals surface area contributed by atoms with Crippen molar-refractivity contribution in [2.24, 2.45) is 5.73 Å². The van der Waals surface area contributed by atoms with Crippen LogP contribution in [0.15, 0.2) is 54.6 Å². The summed E-state index contributed by atoms with van der Waals surface area (Å²) in [6, 6.07) is 19.8. The van der Waals surface area contributed by atoms with Crippen molar-refractivity contribution in [2.75, 3.05) is 63.6 Å². The largest absolute Gasteiger partial charge is 0.471 e. The molecule has 10 heteroatoms. The van der Waals surface area contributed by atoms with E-state index >= 15 is 0 Å². The van der Waals surface area contributed by atoms with Crippen LogP contribution in [0.1, 0.15) is 60.8 Å². The summed E-state index contributed by atoms with van der Waals surface area (Å²) in [5.41, 5.74) is 9.88. The summed E-state index contributed by atoms with van der Waals surface area (Å²) < 4.78 is 6.62. The molecular weight excluding hydrogens is 576 g/mol. The first kappa shape index (κ1) is 32.2. The third-order valence-electron chi connectivity index (χ3n) is 10.0. The summed E-state index contributed by atoms with van der Waals surface area (Å²) in [6.45, 7) is 9.65. The second-order valence-corrected chi connectivity index (χ2v) is 13.2. The Morgan fingerprint density at radius 3 is 2.35 bits per heavy atom. The number of piperidine rings is 1. The Hall–Kier alpha value is -3.73. The number of anilines is 3.